The van der Waals surface area contributed by atoms with Gasteiger partial charge in [0.2, 0.25) is 0 Å². The summed E-state index contributed by atoms with van der Waals surface area (Å²) in [5, 5.41) is 3.39. The molecule has 0 spiro atoms. The van der Waals surface area contributed by atoms with Crippen LogP contribution >= 0.6 is 0 Å². The molecule has 2 heteroatoms. The average molecular weight is 223 g/mol. The van der Waals surface area contributed by atoms with Crippen LogP contribution in [-0.2, 0) is 4.79 Å². The number of hydrogen-bond acceptors (Lipinski definition) is 2. The van der Waals surface area contributed by atoms with E-state index in [1.165, 1.54) is 19.3 Å². The summed E-state index contributed by atoms with van der Waals surface area (Å²) in [6, 6.07) is 0. The summed E-state index contributed by atoms with van der Waals surface area (Å²) >= 11 is 0. The maximum atomic E-state index is 11.9. The van der Waals surface area contributed by atoms with Crippen LogP contribution in [0.3, 0.4) is 0 Å². The molecule has 1 rings (SSSR count). The molecule has 0 aromatic carbocycles. The van der Waals surface area contributed by atoms with Gasteiger partial charge in [-0.3, -0.25) is 4.79 Å². The van der Waals surface area contributed by atoms with E-state index in [9.17, 15) is 4.79 Å². The predicted octanol–water partition coefficient (Wildman–Crippen LogP) is 3.22. The average Bonchev–Trinajstić information content (AvgIpc) is 2.28. The van der Waals surface area contributed by atoms with Crippen LogP contribution in [0.25, 0.3) is 0 Å². The molecule has 1 fully saturated rings. The summed E-state index contributed by atoms with van der Waals surface area (Å²) in [5.74, 6) is 0.388. The monoisotopic (exact) mass is 223 g/mol. The van der Waals surface area contributed by atoms with Crippen molar-refractivity contribution in [1.29, 1.82) is 0 Å². The molecule has 1 aliphatic rings. The third-order valence-corrected chi connectivity index (χ3v) is 3.71. The minimum Gasteiger partial charge on any atom is -0.314 e. The van der Waals surface area contributed by atoms with Crippen molar-refractivity contribution in [3.63, 3.8) is 0 Å². The lowest BCUT2D eigenvalue weighted by Gasteiger charge is -2.36. The molecular weight excluding hydrogens is 198 g/mol. The van der Waals surface area contributed by atoms with E-state index in [2.05, 4.69) is 11.9 Å². The summed E-state index contributed by atoms with van der Waals surface area (Å²) < 4.78 is 0. The lowest BCUT2D eigenvalue weighted by atomic mass is 9.78. The van der Waals surface area contributed by atoms with Crippen LogP contribution in [-0.4, -0.2) is 18.4 Å². The quantitative estimate of drug-likeness (QED) is 0.700. The SMILES string of the molecule is C=C(C)CCC(=O)CC1(NC)CCCCC1. The van der Waals surface area contributed by atoms with Gasteiger partial charge in [0.15, 0.2) is 0 Å². The van der Waals surface area contributed by atoms with Gasteiger partial charge in [-0.1, -0.05) is 24.8 Å². The van der Waals surface area contributed by atoms with E-state index in [0.29, 0.717) is 18.6 Å². The Balaban J connectivity index is 2.42. The molecule has 92 valence electrons. The predicted molar refractivity (Wildman–Crippen MR) is 68.5 cm³/mol. The lowest BCUT2D eigenvalue weighted by molar-refractivity contribution is -0.120. The number of nitrogens with one attached hydrogen (secondary N) is 1. The fourth-order valence-corrected chi connectivity index (χ4v) is 2.56. The Kier molecular flexibility index (Phi) is 5.20. The van der Waals surface area contributed by atoms with Crippen LogP contribution in [0.2, 0.25) is 0 Å². The summed E-state index contributed by atoms with van der Waals surface area (Å²) in [6.07, 6.45) is 8.37. The van der Waals surface area contributed by atoms with Crippen molar-refractivity contribution in [1.82, 2.24) is 5.32 Å². The Labute approximate surface area is 99.5 Å². The molecule has 0 radical (unpaired) electrons. The molecule has 0 unspecified atom stereocenters. The maximum absolute atomic E-state index is 11.9. The second-order valence-electron chi connectivity index (χ2n) is 5.26. The maximum Gasteiger partial charge on any atom is 0.135 e. The molecule has 0 amide bonds. The second-order valence-corrected chi connectivity index (χ2v) is 5.26. The smallest absolute Gasteiger partial charge is 0.135 e. The Hall–Kier alpha value is -0.630. The molecule has 0 bridgehead atoms. The van der Waals surface area contributed by atoms with Gasteiger partial charge < -0.3 is 5.32 Å². The molecule has 1 N–H and O–H groups in total. The fourth-order valence-electron chi connectivity index (χ4n) is 2.56. The summed E-state index contributed by atoms with van der Waals surface area (Å²) in [7, 11) is 2.00. The summed E-state index contributed by atoms with van der Waals surface area (Å²) in [5.41, 5.74) is 1.21. The molecule has 16 heavy (non-hydrogen) atoms. The standard InChI is InChI=1S/C14H25NO/c1-12(2)7-8-13(16)11-14(15-3)9-5-4-6-10-14/h15H,1,4-11H2,2-3H3. The van der Waals surface area contributed by atoms with Crippen LogP contribution < -0.4 is 5.32 Å². The fraction of sp³-hybridized carbons (Fsp3) is 0.786. The van der Waals surface area contributed by atoms with Gasteiger partial charge in [0, 0.05) is 18.4 Å². The highest BCUT2D eigenvalue weighted by Gasteiger charge is 2.31. The highest BCUT2D eigenvalue weighted by molar-refractivity contribution is 5.79. The number of Topliss-reactive ketones (excluding diaryl/α,β-unsaturated/α-hetero) is 1. The first-order chi connectivity index (χ1) is 7.58. The van der Waals surface area contributed by atoms with Gasteiger partial charge >= 0.3 is 0 Å². The topological polar surface area (TPSA) is 29.1 Å². The van der Waals surface area contributed by atoms with Gasteiger partial charge in [0.25, 0.3) is 0 Å². The van der Waals surface area contributed by atoms with E-state index in [0.717, 1.165) is 24.8 Å². The van der Waals surface area contributed by atoms with Crippen molar-refractivity contribution in [3.8, 4) is 0 Å². The zero-order valence-corrected chi connectivity index (χ0v) is 10.8. The molecule has 0 aliphatic heterocycles. The highest BCUT2D eigenvalue weighted by atomic mass is 16.1. The normalized spacial score (nSPS) is 19.4. The van der Waals surface area contributed by atoms with Crippen molar-refractivity contribution in [3.05, 3.63) is 12.2 Å². The number of allylic oxidation sites excluding steroid dienone is 1. The van der Waals surface area contributed by atoms with E-state index in [-0.39, 0.29) is 5.54 Å². The minimum atomic E-state index is 0.102. The van der Waals surface area contributed by atoms with Crippen molar-refractivity contribution in [2.75, 3.05) is 7.05 Å². The molecule has 0 heterocycles. The summed E-state index contributed by atoms with van der Waals surface area (Å²) in [4.78, 5) is 11.9. The molecule has 0 aromatic rings. The van der Waals surface area contributed by atoms with E-state index >= 15 is 0 Å². The van der Waals surface area contributed by atoms with Crippen LogP contribution in [0.4, 0.5) is 0 Å². The number of carbonyl (C=O) groups is 1. The number of rotatable bonds is 6. The van der Waals surface area contributed by atoms with E-state index in [4.69, 9.17) is 0 Å². The van der Waals surface area contributed by atoms with Gasteiger partial charge in [0.05, 0.1) is 0 Å². The van der Waals surface area contributed by atoms with Crippen LogP contribution in [0, 0.1) is 0 Å². The number of carbonyl (C=O) groups excluding carboxylic acids is 1. The zero-order valence-electron chi connectivity index (χ0n) is 10.8. The third-order valence-electron chi connectivity index (χ3n) is 3.71. The van der Waals surface area contributed by atoms with Gasteiger partial charge in [0.1, 0.15) is 5.78 Å². The molecule has 1 saturated carbocycles. The lowest BCUT2D eigenvalue weighted by Crippen LogP contribution is -2.46. The summed E-state index contributed by atoms with van der Waals surface area (Å²) in [6.45, 7) is 5.83. The van der Waals surface area contributed by atoms with Crippen LogP contribution in [0.5, 0.6) is 0 Å². The minimum absolute atomic E-state index is 0.102. The largest absolute Gasteiger partial charge is 0.314 e. The molecule has 2 nitrogen and oxygen atoms in total. The zero-order chi connectivity index (χ0) is 12.0. The van der Waals surface area contributed by atoms with E-state index < -0.39 is 0 Å². The van der Waals surface area contributed by atoms with Crippen LogP contribution in [0.15, 0.2) is 12.2 Å². The Bertz CT molecular complexity index is 251. The van der Waals surface area contributed by atoms with E-state index in [1.807, 2.05) is 14.0 Å². The highest BCUT2D eigenvalue weighted by Crippen LogP contribution is 2.31. The first-order valence-corrected chi connectivity index (χ1v) is 6.43. The first-order valence-electron chi connectivity index (χ1n) is 6.43. The van der Waals surface area contributed by atoms with E-state index in [1.54, 1.807) is 0 Å². The number of ketones is 1. The van der Waals surface area contributed by atoms with Gasteiger partial charge in [-0.05, 0) is 33.2 Å². The Morgan fingerprint density at radius 2 is 1.88 bits per heavy atom. The van der Waals surface area contributed by atoms with Crippen molar-refractivity contribution in [2.24, 2.45) is 0 Å². The van der Waals surface area contributed by atoms with Crippen LogP contribution in [0.1, 0.15) is 58.3 Å². The molecule has 0 atom stereocenters. The van der Waals surface area contributed by atoms with Gasteiger partial charge in [-0.25, -0.2) is 0 Å². The Morgan fingerprint density at radius 3 is 2.38 bits per heavy atom. The van der Waals surface area contributed by atoms with Gasteiger partial charge in [-0.15, -0.1) is 6.58 Å². The van der Waals surface area contributed by atoms with Gasteiger partial charge in [-0.2, -0.15) is 0 Å². The molecule has 1 aliphatic carbocycles. The Morgan fingerprint density at radius 1 is 1.25 bits per heavy atom. The van der Waals surface area contributed by atoms with Crippen molar-refractivity contribution in [2.45, 2.75) is 63.8 Å². The molecule has 0 saturated heterocycles. The van der Waals surface area contributed by atoms with Crippen molar-refractivity contribution >= 4 is 5.78 Å². The molecule has 0 aromatic heterocycles. The van der Waals surface area contributed by atoms with Crippen molar-refractivity contribution < 1.29 is 4.79 Å². The first kappa shape index (κ1) is 13.4. The number of hydrogen-bond donors (Lipinski definition) is 1. The molecular formula is C14H25NO. The second kappa shape index (κ2) is 6.19. The third kappa shape index (κ3) is 4.09.